The topological polar surface area (TPSA) is 44.6 Å². The first-order valence-corrected chi connectivity index (χ1v) is 10.9. The molecule has 1 saturated heterocycles. The second-order valence-electron chi connectivity index (χ2n) is 8.87. The van der Waals surface area contributed by atoms with Gasteiger partial charge in [-0.25, -0.2) is 4.98 Å². The summed E-state index contributed by atoms with van der Waals surface area (Å²) in [5.74, 6) is 1.20. The number of aromatic nitrogens is 2. The van der Waals surface area contributed by atoms with E-state index in [2.05, 4.69) is 47.0 Å². The van der Waals surface area contributed by atoms with Gasteiger partial charge in [0.2, 0.25) is 0 Å². The number of benzene rings is 2. The molecule has 0 unspecified atom stereocenters. The average molecular weight is 416 g/mol. The lowest BCUT2D eigenvalue weighted by Gasteiger charge is -2.46. The van der Waals surface area contributed by atoms with Crippen molar-refractivity contribution < 1.29 is 4.79 Å². The Kier molecular flexibility index (Phi) is 4.82. The molecule has 5 rings (SSSR count). The number of amides is 1. The van der Waals surface area contributed by atoms with Crippen LogP contribution in [0.5, 0.6) is 0 Å². The van der Waals surface area contributed by atoms with E-state index >= 15 is 0 Å². The Morgan fingerprint density at radius 3 is 2.45 bits per heavy atom. The molecule has 6 heteroatoms. The normalized spacial score (nSPS) is 17.7. The molecule has 1 aromatic heterocycles. The molecular weight excluding hydrogens is 386 g/mol. The third kappa shape index (κ3) is 3.22. The molecule has 1 amide bonds. The van der Waals surface area contributed by atoms with Crippen LogP contribution in [-0.4, -0.2) is 59.5 Å². The Bertz CT molecular complexity index is 1090. The third-order valence-electron chi connectivity index (χ3n) is 6.95. The number of likely N-dealkylation sites (tertiary alicyclic amines) is 1. The Balaban J connectivity index is 1.40. The van der Waals surface area contributed by atoms with E-state index in [9.17, 15) is 4.79 Å². The zero-order chi connectivity index (χ0) is 21.6. The lowest BCUT2D eigenvalue weighted by molar-refractivity contribution is 0.0230. The van der Waals surface area contributed by atoms with Crippen LogP contribution in [0.2, 0.25) is 0 Å². The zero-order valence-corrected chi connectivity index (χ0v) is 18.5. The van der Waals surface area contributed by atoms with Gasteiger partial charge < -0.3 is 14.4 Å². The Labute approximate surface area is 183 Å². The van der Waals surface area contributed by atoms with Gasteiger partial charge in [0.15, 0.2) is 0 Å². The number of carbonyl (C=O) groups excluding carboxylic acids is 1. The minimum atomic E-state index is -0.173. The van der Waals surface area contributed by atoms with Gasteiger partial charge in [-0.15, -0.1) is 0 Å². The number of nitrogens with zero attached hydrogens (tertiary/aromatic N) is 5. The van der Waals surface area contributed by atoms with Crippen molar-refractivity contribution >= 4 is 11.6 Å². The smallest absolute Gasteiger partial charge is 0.253 e. The molecule has 0 radical (unpaired) electrons. The van der Waals surface area contributed by atoms with Crippen molar-refractivity contribution in [2.24, 2.45) is 0 Å². The first kappa shape index (κ1) is 19.8. The number of anilines is 1. The van der Waals surface area contributed by atoms with E-state index in [0.717, 1.165) is 49.6 Å². The summed E-state index contributed by atoms with van der Waals surface area (Å²) < 4.78 is 2.25. The second kappa shape index (κ2) is 7.54. The molecule has 3 aromatic rings. The summed E-state index contributed by atoms with van der Waals surface area (Å²) in [5.41, 5.74) is 4.19. The van der Waals surface area contributed by atoms with Crippen molar-refractivity contribution in [3.63, 3.8) is 0 Å². The van der Waals surface area contributed by atoms with E-state index in [4.69, 9.17) is 4.98 Å². The maximum absolute atomic E-state index is 13.2. The van der Waals surface area contributed by atoms with Crippen molar-refractivity contribution in [1.29, 1.82) is 0 Å². The van der Waals surface area contributed by atoms with Crippen molar-refractivity contribution in [2.75, 3.05) is 39.1 Å². The molecule has 31 heavy (non-hydrogen) atoms. The predicted molar refractivity (Wildman–Crippen MR) is 123 cm³/mol. The van der Waals surface area contributed by atoms with Crippen LogP contribution in [0.1, 0.15) is 34.6 Å². The molecule has 160 valence electrons. The molecule has 3 heterocycles. The molecule has 2 aromatic carbocycles. The average Bonchev–Trinajstić information content (AvgIpc) is 3.26. The number of para-hydroxylation sites is 1. The van der Waals surface area contributed by atoms with Crippen LogP contribution in [0.3, 0.4) is 0 Å². The van der Waals surface area contributed by atoms with Crippen LogP contribution >= 0.6 is 0 Å². The molecule has 2 aliphatic rings. The first-order chi connectivity index (χ1) is 15.0. The third-order valence-corrected chi connectivity index (χ3v) is 6.95. The van der Waals surface area contributed by atoms with Crippen molar-refractivity contribution in [3.05, 3.63) is 77.9 Å². The molecule has 2 aliphatic heterocycles. The number of hydrogen-bond acceptors (Lipinski definition) is 4. The minimum absolute atomic E-state index is 0.114. The van der Waals surface area contributed by atoms with Crippen molar-refractivity contribution in [2.45, 2.75) is 24.9 Å². The molecule has 0 bridgehead atoms. The van der Waals surface area contributed by atoms with Crippen molar-refractivity contribution in [1.82, 2.24) is 19.4 Å². The lowest BCUT2D eigenvalue weighted by atomic mass is 9.84. The van der Waals surface area contributed by atoms with Gasteiger partial charge in [0.1, 0.15) is 5.82 Å². The number of piperidine rings is 1. The number of fused-ring (bicyclic) bond motifs is 4. The Morgan fingerprint density at radius 1 is 1.03 bits per heavy atom. The molecule has 0 saturated carbocycles. The summed E-state index contributed by atoms with van der Waals surface area (Å²) in [7, 11) is 6.21. The van der Waals surface area contributed by atoms with Crippen molar-refractivity contribution in [3.8, 4) is 5.69 Å². The van der Waals surface area contributed by atoms with Crippen LogP contribution in [0.15, 0.2) is 60.9 Å². The summed E-state index contributed by atoms with van der Waals surface area (Å²) in [5, 5.41) is 0. The van der Waals surface area contributed by atoms with E-state index < -0.39 is 0 Å². The summed E-state index contributed by atoms with van der Waals surface area (Å²) in [6.07, 6.45) is 5.71. The molecule has 0 N–H and O–H groups in total. The van der Waals surface area contributed by atoms with Gasteiger partial charge in [-0.05, 0) is 55.8 Å². The Morgan fingerprint density at radius 2 is 1.74 bits per heavy atom. The minimum Gasteiger partial charge on any atom is -0.378 e. The van der Waals surface area contributed by atoms with E-state index in [0.29, 0.717) is 0 Å². The molecular formula is C25H29N5O. The monoisotopic (exact) mass is 415 g/mol. The first-order valence-electron chi connectivity index (χ1n) is 10.9. The fourth-order valence-corrected chi connectivity index (χ4v) is 5.07. The van der Waals surface area contributed by atoms with Crippen LogP contribution in [0, 0.1) is 0 Å². The van der Waals surface area contributed by atoms with Gasteiger partial charge in [0, 0.05) is 57.4 Å². The van der Waals surface area contributed by atoms with E-state index in [1.54, 1.807) is 0 Å². The highest BCUT2D eigenvalue weighted by atomic mass is 16.2. The molecule has 1 fully saturated rings. The maximum Gasteiger partial charge on any atom is 0.253 e. The van der Waals surface area contributed by atoms with E-state index in [1.807, 2.05) is 54.4 Å². The summed E-state index contributed by atoms with van der Waals surface area (Å²) in [4.78, 5) is 24.4. The number of hydrogen-bond donors (Lipinski definition) is 0. The molecule has 6 nitrogen and oxygen atoms in total. The Hall–Kier alpha value is -3.12. The van der Waals surface area contributed by atoms with E-state index in [1.165, 1.54) is 11.3 Å². The summed E-state index contributed by atoms with van der Waals surface area (Å²) in [6.45, 7) is 2.32. The fourth-order valence-electron chi connectivity index (χ4n) is 5.07. The van der Waals surface area contributed by atoms with Crippen LogP contribution in [-0.2, 0) is 12.1 Å². The van der Waals surface area contributed by atoms with Gasteiger partial charge in [0.25, 0.3) is 5.91 Å². The van der Waals surface area contributed by atoms with Gasteiger partial charge in [-0.3, -0.25) is 9.69 Å². The SMILES string of the molecule is CN(C)c1ccc(C(=O)N2CCC3(CC2)c2nccn2-c2ccccc2CN3C)cc1. The van der Waals surface area contributed by atoms with Gasteiger partial charge in [-0.1, -0.05) is 18.2 Å². The predicted octanol–water partition coefficient (Wildman–Crippen LogP) is 3.52. The van der Waals surface area contributed by atoms with Gasteiger partial charge in [-0.2, -0.15) is 0 Å². The number of rotatable bonds is 2. The quantitative estimate of drug-likeness (QED) is 0.643. The maximum atomic E-state index is 13.2. The second-order valence-corrected chi connectivity index (χ2v) is 8.87. The lowest BCUT2D eigenvalue weighted by Crippen LogP contribution is -2.53. The molecule has 1 spiro atoms. The summed E-state index contributed by atoms with van der Waals surface area (Å²) in [6, 6.07) is 16.4. The summed E-state index contributed by atoms with van der Waals surface area (Å²) >= 11 is 0. The molecule has 0 atom stereocenters. The highest BCUT2D eigenvalue weighted by Gasteiger charge is 2.45. The van der Waals surface area contributed by atoms with Gasteiger partial charge in [0.05, 0.1) is 11.2 Å². The molecule has 0 aliphatic carbocycles. The number of carbonyl (C=O) groups is 1. The zero-order valence-electron chi connectivity index (χ0n) is 18.5. The van der Waals surface area contributed by atoms with Crippen LogP contribution < -0.4 is 4.90 Å². The fraction of sp³-hybridized carbons (Fsp3) is 0.360. The van der Waals surface area contributed by atoms with Crippen LogP contribution in [0.4, 0.5) is 5.69 Å². The number of imidazole rings is 1. The standard InChI is InChI=1S/C25H29N5O/c1-27(2)21-10-8-19(9-11-21)23(31)29-15-12-25(13-16-29)24-26-14-17-30(24)22-7-5-4-6-20(22)18-28(25)3/h4-11,14,17H,12-13,15-16,18H2,1-3H3. The highest BCUT2D eigenvalue weighted by molar-refractivity contribution is 5.94. The van der Waals surface area contributed by atoms with Crippen LogP contribution in [0.25, 0.3) is 5.69 Å². The van der Waals surface area contributed by atoms with E-state index in [-0.39, 0.29) is 11.4 Å². The highest BCUT2D eigenvalue weighted by Crippen LogP contribution is 2.42. The van der Waals surface area contributed by atoms with Gasteiger partial charge >= 0.3 is 0 Å². The largest absolute Gasteiger partial charge is 0.378 e.